The van der Waals surface area contributed by atoms with Crippen LogP contribution in [-0.4, -0.2) is 47.7 Å². The van der Waals surface area contributed by atoms with Crippen LogP contribution in [0.1, 0.15) is 10.4 Å². The number of carboxylic acid groups (broad SMARTS) is 1. The smallest absolute Gasteiger partial charge is 0.338 e. The number of carbonyl (C=O) groups is 1. The van der Waals surface area contributed by atoms with Crippen molar-refractivity contribution in [2.45, 2.75) is 9.79 Å². The lowest BCUT2D eigenvalue weighted by atomic mass is 10.2. The number of aromatic carboxylic acids is 1. The molecule has 0 radical (unpaired) electrons. The molecule has 0 unspecified atom stereocenters. The highest BCUT2D eigenvalue weighted by Gasteiger charge is 2.25. The lowest BCUT2D eigenvalue weighted by Crippen LogP contribution is -2.07. The number of sulfone groups is 1. The van der Waals surface area contributed by atoms with E-state index in [2.05, 4.69) is 20.5 Å². The van der Waals surface area contributed by atoms with Gasteiger partial charge in [0.05, 0.1) is 27.5 Å². The van der Waals surface area contributed by atoms with Gasteiger partial charge in [0.2, 0.25) is 9.84 Å². The maximum absolute atomic E-state index is 13.6. The summed E-state index contributed by atoms with van der Waals surface area (Å²) in [5, 5.41) is 26.3. The summed E-state index contributed by atoms with van der Waals surface area (Å²) in [6.07, 6.45) is 0. The molecule has 0 amide bonds. The summed E-state index contributed by atoms with van der Waals surface area (Å²) in [7, 11) is 3.54. The number of azo groups is 2. The largest absolute Gasteiger partial charge is 0.478 e. The lowest BCUT2D eigenvalue weighted by Gasteiger charge is -2.12. The molecule has 204 valence electrons. The predicted molar refractivity (Wildman–Crippen MR) is 155 cm³/mol. The third kappa shape index (κ3) is 6.38. The van der Waals surface area contributed by atoms with Gasteiger partial charge in [-0.1, -0.05) is 6.07 Å². The molecule has 4 aromatic rings. The van der Waals surface area contributed by atoms with E-state index in [-0.39, 0.29) is 21.0 Å². The first-order valence-electron chi connectivity index (χ1n) is 12.2. The van der Waals surface area contributed by atoms with Crippen molar-refractivity contribution in [2.24, 2.45) is 20.5 Å². The zero-order valence-electron chi connectivity index (χ0n) is 22.4. The summed E-state index contributed by atoms with van der Waals surface area (Å²) < 4.78 is 27.2. The first kappa shape index (κ1) is 28.1. The van der Waals surface area contributed by atoms with Crippen molar-refractivity contribution >= 4 is 49.9 Å². The molecule has 10 nitrogen and oxygen atoms in total. The Morgan fingerprint density at radius 2 is 1.05 bits per heavy atom. The number of nitrogens with zero attached hydrogens (tertiary/aromatic N) is 6. The normalized spacial score (nSPS) is 11.7. The van der Waals surface area contributed by atoms with E-state index in [0.717, 1.165) is 11.4 Å². The zero-order valence-corrected chi connectivity index (χ0v) is 23.2. The van der Waals surface area contributed by atoms with E-state index in [1.54, 1.807) is 12.1 Å². The maximum Gasteiger partial charge on any atom is 0.338 e. The Hall–Kier alpha value is -4.90. The van der Waals surface area contributed by atoms with E-state index in [1.807, 2.05) is 74.4 Å². The Morgan fingerprint density at radius 3 is 1.48 bits per heavy atom. The maximum atomic E-state index is 13.6. The van der Waals surface area contributed by atoms with Crippen LogP contribution in [0.15, 0.2) is 121 Å². The number of hydrogen-bond donors (Lipinski definition) is 1. The van der Waals surface area contributed by atoms with Gasteiger partial charge in [-0.25, -0.2) is 13.2 Å². The van der Waals surface area contributed by atoms with E-state index < -0.39 is 15.8 Å². The van der Waals surface area contributed by atoms with Crippen molar-refractivity contribution in [1.29, 1.82) is 0 Å². The average molecular weight is 557 g/mol. The Balaban J connectivity index is 1.63. The van der Waals surface area contributed by atoms with E-state index in [1.165, 1.54) is 42.5 Å². The third-order valence-electron chi connectivity index (χ3n) is 5.94. The predicted octanol–water partition coefficient (Wildman–Crippen LogP) is 7.18. The summed E-state index contributed by atoms with van der Waals surface area (Å²) in [4.78, 5) is 15.5. The van der Waals surface area contributed by atoms with Crippen molar-refractivity contribution in [2.75, 3.05) is 38.0 Å². The van der Waals surface area contributed by atoms with Crippen LogP contribution in [0.25, 0.3) is 0 Å². The second-order valence-corrected chi connectivity index (χ2v) is 11.1. The fourth-order valence-corrected chi connectivity index (χ4v) is 5.10. The molecule has 0 heterocycles. The summed E-state index contributed by atoms with van der Waals surface area (Å²) in [5.41, 5.74) is 2.99. The molecule has 11 heteroatoms. The van der Waals surface area contributed by atoms with Gasteiger partial charge >= 0.3 is 5.97 Å². The number of rotatable bonds is 9. The molecule has 0 saturated carbocycles. The van der Waals surface area contributed by atoms with Gasteiger partial charge in [-0.15, -0.1) is 5.11 Å². The van der Waals surface area contributed by atoms with Gasteiger partial charge in [0.25, 0.3) is 0 Å². The van der Waals surface area contributed by atoms with Gasteiger partial charge in [0, 0.05) is 39.6 Å². The van der Waals surface area contributed by atoms with Crippen LogP contribution < -0.4 is 9.80 Å². The van der Waals surface area contributed by atoms with E-state index in [0.29, 0.717) is 17.1 Å². The van der Waals surface area contributed by atoms with Gasteiger partial charge in [0.15, 0.2) is 0 Å². The second-order valence-electron chi connectivity index (χ2n) is 9.18. The lowest BCUT2D eigenvalue weighted by molar-refractivity contribution is 0.0697. The van der Waals surface area contributed by atoms with Crippen molar-refractivity contribution in [3.63, 3.8) is 0 Å². The summed E-state index contributed by atoms with van der Waals surface area (Å²) >= 11 is 0. The highest BCUT2D eigenvalue weighted by molar-refractivity contribution is 7.91. The van der Waals surface area contributed by atoms with Crippen LogP contribution in [0.5, 0.6) is 0 Å². The van der Waals surface area contributed by atoms with E-state index in [4.69, 9.17) is 0 Å². The van der Waals surface area contributed by atoms with Crippen LogP contribution in [-0.2, 0) is 9.84 Å². The molecule has 40 heavy (non-hydrogen) atoms. The molecule has 0 atom stereocenters. The Kier molecular flexibility index (Phi) is 8.34. The van der Waals surface area contributed by atoms with Gasteiger partial charge in [-0.2, -0.15) is 15.3 Å². The number of carboxylic acids is 1. The van der Waals surface area contributed by atoms with Crippen molar-refractivity contribution in [3.05, 3.63) is 96.6 Å². The Labute approximate surface area is 232 Å². The molecule has 0 aliphatic carbocycles. The molecule has 0 aliphatic rings. The minimum Gasteiger partial charge on any atom is -0.478 e. The standard InChI is InChI=1S/C29H28N6O4S/c1-34(2)23-14-8-20(9-15-23)30-31-22-12-18-25(19-13-22)40(38,39)27-7-5-6-26(29(36)37)28(27)33-32-21-10-16-24(17-11-21)35(3)4/h5-19H,1-4H3,(H,36,37). The van der Waals surface area contributed by atoms with Crippen molar-refractivity contribution in [1.82, 2.24) is 0 Å². The monoisotopic (exact) mass is 556 g/mol. The molecule has 0 aromatic heterocycles. The van der Waals surface area contributed by atoms with Crippen molar-refractivity contribution in [3.8, 4) is 0 Å². The molecule has 4 aromatic carbocycles. The topological polar surface area (TPSA) is 127 Å². The van der Waals surface area contributed by atoms with Crippen molar-refractivity contribution < 1.29 is 18.3 Å². The number of benzene rings is 4. The first-order chi connectivity index (χ1) is 19.1. The SMILES string of the molecule is CN(C)c1ccc(N=Nc2ccc(S(=O)(=O)c3cccc(C(=O)O)c3N=Nc3ccc(N(C)C)cc3)cc2)cc1. The van der Waals surface area contributed by atoms with Crippen LogP contribution in [0.2, 0.25) is 0 Å². The molecule has 0 bridgehead atoms. The number of anilines is 2. The average Bonchev–Trinajstić information content (AvgIpc) is 2.95. The first-order valence-corrected chi connectivity index (χ1v) is 13.6. The minimum absolute atomic E-state index is 0.0453. The van der Waals surface area contributed by atoms with E-state index in [9.17, 15) is 18.3 Å². The van der Waals surface area contributed by atoms with Crippen LogP contribution in [0.4, 0.5) is 34.1 Å². The Morgan fingerprint density at radius 1 is 0.625 bits per heavy atom. The third-order valence-corrected chi connectivity index (χ3v) is 7.75. The van der Waals surface area contributed by atoms with Crippen LogP contribution >= 0.6 is 0 Å². The fourth-order valence-electron chi connectivity index (χ4n) is 3.69. The Bertz CT molecular complexity index is 1660. The fraction of sp³-hybridized carbons (Fsp3) is 0.138. The molecular weight excluding hydrogens is 528 g/mol. The minimum atomic E-state index is -4.15. The van der Waals surface area contributed by atoms with Gasteiger partial charge in [-0.05, 0) is 84.9 Å². The quantitative estimate of drug-likeness (QED) is 0.218. The molecular formula is C29H28N6O4S. The molecule has 0 fully saturated rings. The molecule has 0 saturated heterocycles. The zero-order chi connectivity index (χ0) is 28.9. The summed E-state index contributed by atoms with van der Waals surface area (Å²) in [6, 6.07) is 24.4. The summed E-state index contributed by atoms with van der Waals surface area (Å²) in [5.74, 6) is -1.32. The highest BCUT2D eigenvalue weighted by Crippen LogP contribution is 2.35. The second kappa shape index (κ2) is 11.9. The van der Waals surface area contributed by atoms with Crippen LogP contribution in [0, 0.1) is 0 Å². The summed E-state index contributed by atoms with van der Waals surface area (Å²) in [6.45, 7) is 0. The van der Waals surface area contributed by atoms with Gasteiger partial charge in [0.1, 0.15) is 10.6 Å². The van der Waals surface area contributed by atoms with Gasteiger partial charge in [-0.3, -0.25) is 0 Å². The molecule has 0 spiro atoms. The van der Waals surface area contributed by atoms with Gasteiger partial charge < -0.3 is 14.9 Å². The molecule has 0 aliphatic heterocycles. The highest BCUT2D eigenvalue weighted by atomic mass is 32.2. The van der Waals surface area contributed by atoms with Crippen LogP contribution in [0.3, 0.4) is 0 Å². The number of hydrogen-bond acceptors (Lipinski definition) is 9. The van der Waals surface area contributed by atoms with E-state index >= 15 is 0 Å². The molecule has 1 N–H and O–H groups in total. The molecule has 4 rings (SSSR count).